The molecule has 1 unspecified atom stereocenters. The summed E-state index contributed by atoms with van der Waals surface area (Å²) in [5.41, 5.74) is 0. The van der Waals surface area contributed by atoms with Gasteiger partial charge in [0.2, 0.25) is 5.78 Å². The van der Waals surface area contributed by atoms with E-state index in [9.17, 15) is 14.8 Å². The second kappa shape index (κ2) is 11.8. The standard InChI is InChI=1S/C18H33NO3/c1-2-3-4-5-6-7-8-9-10-11-15-19(22)16-13-12-14-17(20)18(16)21/h16,22H,2-15H2,1H3. The Morgan fingerprint density at radius 3 is 2.09 bits per heavy atom. The Hall–Kier alpha value is -0.740. The summed E-state index contributed by atoms with van der Waals surface area (Å²) in [6.07, 6.45) is 14.1. The number of hydrogen-bond donors (Lipinski definition) is 1. The molecule has 1 atom stereocenters. The van der Waals surface area contributed by atoms with E-state index < -0.39 is 11.8 Å². The van der Waals surface area contributed by atoms with Crippen LogP contribution in [0.5, 0.6) is 0 Å². The van der Waals surface area contributed by atoms with Crippen LogP contribution < -0.4 is 0 Å². The first kappa shape index (κ1) is 19.3. The lowest BCUT2D eigenvalue weighted by molar-refractivity contribution is -0.163. The number of hydroxylamine groups is 2. The van der Waals surface area contributed by atoms with E-state index in [-0.39, 0.29) is 5.78 Å². The Morgan fingerprint density at radius 2 is 1.50 bits per heavy atom. The largest absolute Gasteiger partial charge is 0.313 e. The van der Waals surface area contributed by atoms with Gasteiger partial charge in [-0.05, 0) is 19.3 Å². The van der Waals surface area contributed by atoms with Gasteiger partial charge < -0.3 is 5.21 Å². The third-order valence-corrected chi connectivity index (χ3v) is 4.56. The van der Waals surface area contributed by atoms with Crippen LogP contribution in [0.3, 0.4) is 0 Å². The van der Waals surface area contributed by atoms with Crippen molar-refractivity contribution in [2.45, 2.75) is 96.4 Å². The van der Waals surface area contributed by atoms with Gasteiger partial charge in [0.05, 0.1) is 0 Å². The molecule has 1 aliphatic carbocycles. The molecule has 0 heterocycles. The summed E-state index contributed by atoms with van der Waals surface area (Å²) in [6.45, 7) is 2.74. The molecule has 0 saturated heterocycles. The number of ketones is 2. The van der Waals surface area contributed by atoms with Gasteiger partial charge in [-0.15, -0.1) is 0 Å². The van der Waals surface area contributed by atoms with Crippen molar-refractivity contribution in [1.82, 2.24) is 5.06 Å². The molecule has 128 valence electrons. The molecule has 1 aliphatic rings. The topological polar surface area (TPSA) is 57.6 Å². The van der Waals surface area contributed by atoms with Gasteiger partial charge in [-0.2, -0.15) is 5.06 Å². The highest BCUT2D eigenvalue weighted by Crippen LogP contribution is 2.17. The second-order valence-corrected chi connectivity index (χ2v) is 6.54. The van der Waals surface area contributed by atoms with Gasteiger partial charge in [0, 0.05) is 13.0 Å². The lowest BCUT2D eigenvalue weighted by atomic mass is 9.92. The van der Waals surface area contributed by atoms with E-state index in [1.165, 1.54) is 51.4 Å². The van der Waals surface area contributed by atoms with Crippen LogP contribution in [0.4, 0.5) is 0 Å². The van der Waals surface area contributed by atoms with Crippen molar-refractivity contribution in [3.05, 3.63) is 0 Å². The van der Waals surface area contributed by atoms with Crippen LogP contribution in [-0.4, -0.2) is 34.4 Å². The molecule has 4 heteroatoms. The molecule has 0 spiro atoms. The third kappa shape index (κ3) is 7.50. The molecular formula is C18H33NO3. The highest BCUT2D eigenvalue weighted by atomic mass is 16.5. The highest BCUT2D eigenvalue weighted by molar-refractivity contribution is 6.39. The van der Waals surface area contributed by atoms with Crippen LogP contribution in [0.25, 0.3) is 0 Å². The molecular weight excluding hydrogens is 278 g/mol. The summed E-state index contributed by atoms with van der Waals surface area (Å²) in [5, 5.41) is 11.0. The van der Waals surface area contributed by atoms with Crippen LogP contribution in [0.15, 0.2) is 0 Å². The molecule has 0 bridgehead atoms. The molecule has 0 radical (unpaired) electrons. The molecule has 22 heavy (non-hydrogen) atoms. The van der Waals surface area contributed by atoms with E-state index in [0.29, 0.717) is 25.8 Å². The summed E-state index contributed by atoms with van der Waals surface area (Å²) in [7, 11) is 0. The number of carbonyl (C=O) groups is 2. The first-order valence-corrected chi connectivity index (χ1v) is 9.19. The molecule has 4 nitrogen and oxygen atoms in total. The molecule has 1 rings (SSSR count). The van der Waals surface area contributed by atoms with Crippen LogP contribution in [0, 0.1) is 0 Å². The fraction of sp³-hybridized carbons (Fsp3) is 0.889. The zero-order valence-corrected chi connectivity index (χ0v) is 14.2. The van der Waals surface area contributed by atoms with E-state index in [1.807, 2.05) is 0 Å². The normalized spacial score (nSPS) is 19.1. The Bertz CT molecular complexity index is 330. The van der Waals surface area contributed by atoms with E-state index in [4.69, 9.17) is 0 Å². The lowest BCUT2D eigenvalue weighted by Gasteiger charge is -2.27. The average Bonchev–Trinajstić information content (AvgIpc) is 2.51. The number of hydrogen-bond acceptors (Lipinski definition) is 4. The summed E-state index contributed by atoms with van der Waals surface area (Å²) >= 11 is 0. The quantitative estimate of drug-likeness (QED) is 0.332. The van der Waals surface area contributed by atoms with Crippen LogP contribution in [-0.2, 0) is 9.59 Å². The summed E-state index contributed by atoms with van der Waals surface area (Å²) in [6, 6.07) is -0.584. The lowest BCUT2D eigenvalue weighted by Crippen LogP contribution is -2.45. The van der Waals surface area contributed by atoms with Crippen molar-refractivity contribution in [3.8, 4) is 0 Å². The van der Waals surface area contributed by atoms with Gasteiger partial charge in [-0.25, -0.2) is 0 Å². The maximum absolute atomic E-state index is 11.7. The maximum atomic E-state index is 11.7. The SMILES string of the molecule is CCCCCCCCCCCCN(O)C1CCCC(=O)C1=O. The van der Waals surface area contributed by atoms with Gasteiger partial charge >= 0.3 is 0 Å². The van der Waals surface area contributed by atoms with E-state index >= 15 is 0 Å². The van der Waals surface area contributed by atoms with Gasteiger partial charge in [-0.3, -0.25) is 9.59 Å². The van der Waals surface area contributed by atoms with Crippen LogP contribution in [0.1, 0.15) is 90.4 Å². The minimum absolute atomic E-state index is 0.321. The molecule has 0 aromatic carbocycles. The Balaban J connectivity index is 1.98. The summed E-state index contributed by atoms with van der Waals surface area (Å²) in [4.78, 5) is 23.1. The van der Waals surface area contributed by atoms with E-state index in [1.54, 1.807) is 0 Å². The average molecular weight is 311 g/mol. The van der Waals surface area contributed by atoms with Gasteiger partial charge in [-0.1, -0.05) is 64.7 Å². The summed E-state index contributed by atoms with van der Waals surface area (Å²) in [5.74, 6) is -0.723. The van der Waals surface area contributed by atoms with Crippen molar-refractivity contribution >= 4 is 11.6 Å². The molecule has 0 aliphatic heterocycles. The van der Waals surface area contributed by atoms with Crippen molar-refractivity contribution in [1.29, 1.82) is 0 Å². The smallest absolute Gasteiger partial charge is 0.217 e. The number of carbonyl (C=O) groups excluding carboxylic acids is 2. The zero-order chi connectivity index (χ0) is 16.2. The maximum Gasteiger partial charge on any atom is 0.217 e. The Morgan fingerprint density at radius 1 is 0.955 bits per heavy atom. The molecule has 0 amide bonds. The van der Waals surface area contributed by atoms with Gasteiger partial charge in [0.1, 0.15) is 6.04 Å². The molecule has 0 aromatic rings. The molecule has 1 fully saturated rings. The number of unbranched alkanes of at least 4 members (excludes halogenated alkanes) is 9. The molecule has 0 aromatic heterocycles. The highest BCUT2D eigenvalue weighted by Gasteiger charge is 2.32. The van der Waals surface area contributed by atoms with Gasteiger partial charge in [0.15, 0.2) is 5.78 Å². The first-order chi connectivity index (χ1) is 10.7. The number of Topliss-reactive ketones (excluding diaryl/α,β-unsaturated/α-hetero) is 2. The van der Waals surface area contributed by atoms with E-state index in [0.717, 1.165) is 17.9 Å². The first-order valence-electron chi connectivity index (χ1n) is 9.19. The predicted octanol–water partition coefficient (Wildman–Crippen LogP) is 4.29. The fourth-order valence-electron chi connectivity index (χ4n) is 3.10. The second-order valence-electron chi connectivity index (χ2n) is 6.54. The minimum Gasteiger partial charge on any atom is -0.313 e. The third-order valence-electron chi connectivity index (χ3n) is 4.56. The Kier molecular flexibility index (Phi) is 10.3. The minimum atomic E-state index is -0.584. The summed E-state index contributed by atoms with van der Waals surface area (Å²) < 4.78 is 0. The fourth-order valence-corrected chi connectivity index (χ4v) is 3.10. The molecule has 1 N–H and O–H groups in total. The number of rotatable bonds is 12. The number of nitrogens with zero attached hydrogens (tertiary/aromatic N) is 1. The van der Waals surface area contributed by atoms with Crippen molar-refractivity contribution in [2.24, 2.45) is 0 Å². The Labute approximate surface area is 135 Å². The predicted molar refractivity (Wildman–Crippen MR) is 88.0 cm³/mol. The van der Waals surface area contributed by atoms with Crippen LogP contribution in [0.2, 0.25) is 0 Å². The monoisotopic (exact) mass is 311 g/mol. The van der Waals surface area contributed by atoms with Crippen molar-refractivity contribution < 1.29 is 14.8 Å². The van der Waals surface area contributed by atoms with Crippen LogP contribution >= 0.6 is 0 Å². The van der Waals surface area contributed by atoms with Crippen molar-refractivity contribution in [3.63, 3.8) is 0 Å². The van der Waals surface area contributed by atoms with E-state index in [2.05, 4.69) is 6.92 Å². The van der Waals surface area contributed by atoms with Crippen molar-refractivity contribution in [2.75, 3.05) is 6.54 Å². The van der Waals surface area contributed by atoms with Gasteiger partial charge in [0.25, 0.3) is 0 Å². The molecule has 1 saturated carbocycles. The zero-order valence-electron chi connectivity index (χ0n) is 14.2.